The molecule has 0 saturated heterocycles. The van der Waals surface area contributed by atoms with Gasteiger partial charge in [-0.15, -0.1) is 0 Å². The summed E-state index contributed by atoms with van der Waals surface area (Å²) in [6.07, 6.45) is 0.717. The van der Waals surface area contributed by atoms with Crippen LogP contribution in [-0.2, 0) is 13.0 Å². The summed E-state index contributed by atoms with van der Waals surface area (Å²) in [5, 5.41) is 6.05. The molecule has 2 amide bonds. The number of ether oxygens (including phenoxy) is 2. The Kier molecular flexibility index (Phi) is 7.72. The van der Waals surface area contributed by atoms with Crippen LogP contribution in [0.1, 0.15) is 29.7 Å². The molecular formula is C25H28N2O3. The number of carbonyl (C=O) groups is 1. The number of amides is 2. The molecule has 0 heterocycles. The minimum absolute atomic E-state index is 0.122. The largest absolute Gasteiger partial charge is 0.493 e. The van der Waals surface area contributed by atoms with Gasteiger partial charge in [-0.25, -0.2) is 4.79 Å². The Bertz CT molecular complexity index is 930. The molecule has 0 fully saturated rings. The lowest BCUT2D eigenvalue weighted by Gasteiger charge is -2.20. The molecule has 156 valence electrons. The fourth-order valence-electron chi connectivity index (χ4n) is 3.28. The normalized spacial score (nSPS) is 11.4. The number of rotatable bonds is 9. The van der Waals surface area contributed by atoms with Crippen LogP contribution in [0.15, 0.2) is 78.9 Å². The van der Waals surface area contributed by atoms with Gasteiger partial charge in [0, 0.05) is 6.54 Å². The van der Waals surface area contributed by atoms with E-state index in [0.29, 0.717) is 24.7 Å². The number of urea groups is 1. The zero-order chi connectivity index (χ0) is 21.2. The van der Waals surface area contributed by atoms with Crippen molar-refractivity contribution in [1.29, 1.82) is 0 Å². The van der Waals surface area contributed by atoms with E-state index in [1.807, 2.05) is 73.7 Å². The molecule has 5 heteroatoms. The van der Waals surface area contributed by atoms with Crippen LogP contribution >= 0.6 is 0 Å². The van der Waals surface area contributed by atoms with Crippen LogP contribution in [0, 0.1) is 0 Å². The van der Waals surface area contributed by atoms with Gasteiger partial charge in [0.15, 0.2) is 11.5 Å². The molecule has 0 bridgehead atoms. The van der Waals surface area contributed by atoms with E-state index in [-0.39, 0.29) is 12.1 Å². The first-order valence-electron chi connectivity index (χ1n) is 10.1. The number of nitrogens with one attached hydrogen (secondary N) is 2. The van der Waals surface area contributed by atoms with Crippen molar-refractivity contribution in [3.8, 4) is 11.5 Å². The number of benzene rings is 3. The van der Waals surface area contributed by atoms with Crippen molar-refractivity contribution in [3.63, 3.8) is 0 Å². The summed E-state index contributed by atoms with van der Waals surface area (Å²) in [7, 11) is 1.61. The Morgan fingerprint density at radius 2 is 1.60 bits per heavy atom. The van der Waals surface area contributed by atoms with E-state index in [1.165, 1.54) is 5.56 Å². The van der Waals surface area contributed by atoms with Crippen molar-refractivity contribution in [2.45, 2.75) is 25.9 Å². The summed E-state index contributed by atoms with van der Waals surface area (Å²) in [5.74, 6) is 1.35. The molecule has 1 unspecified atom stereocenters. The summed E-state index contributed by atoms with van der Waals surface area (Å²) >= 11 is 0. The fraction of sp³-hybridized carbons (Fsp3) is 0.240. The van der Waals surface area contributed by atoms with Gasteiger partial charge in [0.2, 0.25) is 0 Å². The van der Waals surface area contributed by atoms with Gasteiger partial charge in [0.05, 0.1) is 19.8 Å². The van der Waals surface area contributed by atoms with Crippen molar-refractivity contribution < 1.29 is 14.3 Å². The lowest BCUT2D eigenvalue weighted by atomic mass is 9.99. The van der Waals surface area contributed by atoms with E-state index >= 15 is 0 Å². The molecule has 5 nitrogen and oxygen atoms in total. The van der Waals surface area contributed by atoms with Crippen molar-refractivity contribution >= 4 is 6.03 Å². The summed E-state index contributed by atoms with van der Waals surface area (Å²) in [4.78, 5) is 12.6. The zero-order valence-electron chi connectivity index (χ0n) is 17.4. The van der Waals surface area contributed by atoms with Crippen molar-refractivity contribution in [2.24, 2.45) is 0 Å². The van der Waals surface area contributed by atoms with Crippen LogP contribution < -0.4 is 20.1 Å². The summed E-state index contributed by atoms with van der Waals surface area (Å²) < 4.78 is 10.9. The van der Waals surface area contributed by atoms with E-state index in [2.05, 4.69) is 22.8 Å². The van der Waals surface area contributed by atoms with Crippen LogP contribution in [0.5, 0.6) is 11.5 Å². The maximum Gasteiger partial charge on any atom is 0.315 e. The minimum Gasteiger partial charge on any atom is -0.493 e. The van der Waals surface area contributed by atoms with Gasteiger partial charge in [0.25, 0.3) is 0 Å². The van der Waals surface area contributed by atoms with Gasteiger partial charge in [-0.2, -0.15) is 0 Å². The third-order valence-corrected chi connectivity index (χ3v) is 4.77. The van der Waals surface area contributed by atoms with Crippen molar-refractivity contribution in [3.05, 3.63) is 95.6 Å². The minimum atomic E-state index is -0.215. The molecular weight excluding hydrogens is 376 g/mol. The maximum absolute atomic E-state index is 12.6. The quantitative estimate of drug-likeness (QED) is 0.535. The standard InChI is InChI=1S/C25H28N2O3/c1-3-30-23-15-14-20(17-24(23)29-2)18-26-25(28)27-22(21-12-8-5-9-13-21)16-19-10-6-4-7-11-19/h4-15,17,22H,3,16,18H2,1-2H3,(H2,26,27,28). The summed E-state index contributed by atoms with van der Waals surface area (Å²) in [6, 6.07) is 25.5. The number of carbonyl (C=O) groups excluding carboxylic acids is 1. The lowest BCUT2D eigenvalue weighted by molar-refractivity contribution is 0.236. The smallest absolute Gasteiger partial charge is 0.315 e. The van der Waals surface area contributed by atoms with Crippen molar-refractivity contribution in [1.82, 2.24) is 10.6 Å². The Balaban J connectivity index is 1.64. The van der Waals surface area contributed by atoms with Gasteiger partial charge in [-0.3, -0.25) is 0 Å². The van der Waals surface area contributed by atoms with Gasteiger partial charge >= 0.3 is 6.03 Å². The van der Waals surface area contributed by atoms with Gasteiger partial charge in [-0.1, -0.05) is 66.7 Å². The highest BCUT2D eigenvalue weighted by atomic mass is 16.5. The summed E-state index contributed by atoms with van der Waals surface area (Å²) in [5.41, 5.74) is 3.17. The molecule has 0 saturated carbocycles. The molecule has 0 aromatic heterocycles. The van der Waals surface area contributed by atoms with Crippen LogP contribution in [0.3, 0.4) is 0 Å². The zero-order valence-corrected chi connectivity index (χ0v) is 17.4. The average Bonchev–Trinajstić information content (AvgIpc) is 2.79. The first-order chi connectivity index (χ1) is 14.7. The molecule has 0 aliphatic carbocycles. The second-order valence-electron chi connectivity index (χ2n) is 6.90. The van der Waals surface area contributed by atoms with Gasteiger partial charge in [0.1, 0.15) is 0 Å². The second-order valence-corrected chi connectivity index (χ2v) is 6.90. The molecule has 3 aromatic carbocycles. The van der Waals surface area contributed by atoms with Gasteiger partial charge in [-0.05, 0) is 42.2 Å². The van der Waals surface area contributed by atoms with E-state index in [1.54, 1.807) is 7.11 Å². The third-order valence-electron chi connectivity index (χ3n) is 4.77. The SMILES string of the molecule is CCOc1ccc(CNC(=O)NC(Cc2ccccc2)c2ccccc2)cc1OC. The van der Waals surface area contributed by atoms with Crippen LogP contribution in [0.4, 0.5) is 4.79 Å². The Morgan fingerprint density at radius 3 is 2.27 bits per heavy atom. The topological polar surface area (TPSA) is 59.6 Å². The van der Waals surface area contributed by atoms with E-state index in [9.17, 15) is 4.79 Å². The predicted octanol–water partition coefficient (Wildman–Crippen LogP) is 4.88. The molecule has 1 atom stereocenters. The average molecular weight is 405 g/mol. The molecule has 3 aromatic rings. The number of hydrogen-bond acceptors (Lipinski definition) is 3. The Morgan fingerprint density at radius 1 is 0.900 bits per heavy atom. The highest BCUT2D eigenvalue weighted by Crippen LogP contribution is 2.28. The second kappa shape index (κ2) is 10.9. The summed E-state index contributed by atoms with van der Waals surface area (Å²) in [6.45, 7) is 2.89. The van der Waals surface area contributed by atoms with E-state index < -0.39 is 0 Å². The Labute approximate surface area is 178 Å². The molecule has 30 heavy (non-hydrogen) atoms. The Hall–Kier alpha value is -3.47. The third kappa shape index (κ3) is 6.01. The molecule has 0 aliphatic rings. The predicted molar refractivity (Wildman–Crippen MR) is 119 cm³/mol. The molecule has 0 spiro atoms. The maximum atomic E-state index is 12.6. The first-order valence-corrected chi connectivity index (χ1v) is 10.1. The van der Waals surface area contributed by atoms with Crippen molar-refractivity contribution in [2.75, 3.05) is 13.7 Å². The molecule has 3 rings (SSSR count). The number of hydrogen-bond donors (Lipinski definition) is 2. The van der Waals surface area contributed by atoms with E-state index in [4.69, 9.17) is 9.47 Å². The van der Waals surface area contributed by atoms with Crippen LogP contribution in [-0.4, -0.2) is 19.7 Å². The highest BCUT2D eigenvalue weighted by molar-refractivity contribution is 5.74. The highest BCUT2D eigenvalue weighted by Gasteiger charge is 2.15. The lowest BCUT2D eigenvalue weighted by Crippen LogP contribution is -2.38. The van der Waals surface area contributed by atoms with Gasteiger partial charge < -0.3 is 20.1 Å². The molecule has 0 aliphatic heterocycles. The van der Waals surface area contributed by atoms with E-state index in [0.717, 1.165) is 17.5 Å². The fourth-order valence-corrected chi connectivity index (χ4v) is 3.28. The monoisotopic (exact) mass is 404 g/mol. The van der Waals surface area contributed by atoms with Crippen LogP contribution in [0.25, 0.3) is 0 Å². The first kappa shape index (κ1) is 21.2. The molecule has 0 radical (unpaired) electrons. The number of methoxy groups -OCH3 is 1. The van der Waals surface area contributed by atoms with Crippen LogP contribution in [0.2, 0.25) is 0 Å². The molecule has 2 N–H and O–H groups in total.